The van der Waals surface area contributed by atoms with E-state index in [0.717, 1.165) is 0 Å². The second kappa shape index (κ2) is 5.22. The van der Waals surface area contributed by atoms with Gasteiger partial charge in [0.15, 0.2) is 0 Å². The highest BCUT2D eigenvalue weighted by molar-refractivity contribution is 7.80. The minimum absolute atomic E-state index is 0.0278. The molecule has 0 aromatic rings. The lowest BCUT2D eigenvalue weighted by Gasteiger charge is -1.82. The Morgan fingerprint density at radius 3 is 1.56 bits per heavy atom. The van der Waals surface area contributed by atoms with Gasteiger partial charge in [0.1, 0.15) is 0 Å². The molecular weight excluding hydrogens is 165 g/mol. The molecule has 0 saturated heterocycles. The quantitative estimate of drug-likeness (QED) is 0.190. The maximum absolute atomic E-state index is 8.88. The lowest BCUT2D eigenvalue weighted by atomic mass is 10.8. The summed E-state index contributed by atoms with van der Waals surface area (Å²) in [4.78, 5) is 21.6. The van der Waals surface area contributed by atoms with Crippen LogP contribution in [0, 0.1) is 0 Å². The summed E-state index contributed by atoms with van der Waals surface area (Å²) in [5, 5.41) is 0.0278. The molecule has 0 amide bonds. The van der Waals surface area contributed by atoms with E-state index in [9.17, 15) is 0 Å². The molecule has 0 aromatic carbocycles. The molecule has 1 unspecified atom stereocenters. The van der Waals surface area contributed by atoms with Crippen molar-refractivity contribution in [2.45, 2.75) is 12.3 Å². The van der Waals surface area contributed by atoms with Crippen molar-refractivity contribution in [3.63, 3.8) is 0 Å². The van der Waals surface area contributed by atoms with Crippen molar-refractivity contribution in [1.82, 2.24) is 0 Å². The molecule has 5 nitrogen and oxygen atoms in total. The Morgan fingerprint density at radius 1 is 1.56 bits per heavy atom. The van der Waals surface area contributed by atoms with Crippen LogP contribution in [0.25, 0.3) is 0 Å². The highest BCUT2D eigenvalue weighted by atomic mass is 32.1. The van der Waals surface area contributed by atoms with Crippen LogP contribution in [-0.4, -0.2) is 20.1 Å². The predicted molar refractivity (Wildman–Crippen MR) is 36.9 cm³/mol. The summed E-state index contributed by atoms with van der Waals surface area (Å²) in [5.74, 6) is 0. The lowest BCUT2D eigenvalue weighted by Crippen LogP contribution is -2.03. The Hall–Kier alpha value is 0.420. The fourth-order valence-corrected chi connectivity index (χ4v) is 0. The summed E-state index contributed by atoms with van der Waals surface area (Å²) < 4.78 is 8.88. The van der Waals surface area contributed by atoms with Crippen LogP contribution < -0.4 is 5.73 Å². The van der Waals surface area contributed by atoms with E-state index in [2.05, 4.69) is 12.6 Å². The normalized spacial score (nSPS) is 13.6. The smallest absolute Gasteiger partial charge is 0.320 e. The van der Waals surface area contributed by atoms with Crippen molar-refractivity contribution in [2.75, 3.05) is 0 Å². The van der Waals surface area contributed by atoms with E-state index in [1.165, 1.54) is 0 Å². The second-order valence-corrected chi connectivity index (χ2v) is 3.09. The summed E-state index contributed by atoms with van der Waals surface area (Å²) in [6.45, 7) is 1.81. The van der Waals surface area contributed by atoms with Crippen molar-refractivity contribution in [2.24, 2.45) is 5.73 Å². The van der Waals surface area contributed by atoms with Gasteiger partial charge in [-0.1, -0.05) is 0 Å². The van der Waals surface area contributed by atoms with Gasteiger partial charge in [-0.05, 0) is 6.92 Å². The van der Waals surface area contributed by atoms with E-state index < -0.39 is 7.82 Å². The molecule has 0 fully saturated rings. The number of hydrogen-bond donors (Lipinski definition) is 5. The van der Waals surface area contributed by atoms with Gasteiger partial charge in [0.05, 0.1) is 0 Å². The van der Waals surface area contributed by atoms with Crippen LogP contribution in [0.3, 0.4) is 0 Å². The van der Waals surface area contributed by atoms with Crippen molar-refractivity contribution in [1.29, 1.82) is 0 Å². The Balaban J connectivity index is 0. The fraction of sp³-hybridized carbons (Fsp3) is 1.00. The van der Waals surface area contributed by atoms with Crippen LogP contribution in [0.4, 0.5) is 0 Å². The van der Waals surface area contributed by atoms with Crippen molar-refractivity contribution in [3.8, 4) is 0 Å². The summed E-state index contributed by atoms with van der Waals surface area (Å²) in [5.41, 5.74) is 4.98. The maximum Gasteiger partial charge on any atom is 0.466 e. The molecule has 0 rings (SSSR count). The van der Waals surface area contributed by atoms with Gasteiger partial charge in [0.25, 0.3) is 0 Å². The summed E-state index contributed by atoms with van der Waals surface area (Å²) in [6.07, 6.45) is 0. The van der Waals surface area contributed by atoms with Crippen LogP contribution in [0.15, 0.2) is 0 Å². The zero-order valence-corrected chi connectivity index (χ0v) is 6.59. The molecule has 9 heavy (non-hydrogen) atoms. The standard InChI is InChI=1S/C2H7NS.H3O4P/c1-2(3)4;1-5(2,3)4/h2,4H,3H2,1H3;(H3,1,2,3,4). The van der Waals surface area contributed by atoms with Gasteiger partial charge in [0, 0.05) is 5.37 Å². The van der Waals surface area contributed by atoms with Gasteiger partial charge < -0.3 is 20.4 Å². The molecule has 0 aromatic heterocycles. The van der Waals surface area contributed by atoms with Crippen molar-refractivity contribution in [3.05, 3.63) is 0 Å². The number of thiol groups is 1. The fourth-order valence-electron chi connectivity index (χ4n) is 0. The topological polar surface area (TPSA) is 104 Å². The van der Waals surface area contributed by atoms with Gasteiger partial charge >= 0.3 is 7.82 Å². The molecule has 0 radical (unpaired) electrons. The van der Waals surface area contributed by atoms with E-state index in [0.29, 0.717) is 0 Å². The summed E-state index contributed by atoms with van der Waals surface area (Å²) >= 11 is 3.74. The molecular formula is C2H10NO4PS. The second-order valence-electron chi connectivity index (χ2n) is 1.25. The lowest BCUT2D eigenvalue weighted by molar-refractivity contribution is 0.275. The van der Waals surface area contributed by atoms with E-state index in [4.69, 9.17) is 25.0 Å². The average molecular weight is 175 g/mol. The Labute approximate surface area is 58.5 Å². The molecule has 1 atom stereocenters. The van der Waals surface area contributed by atoms with Crippen LogP contribution >= 0.6 is 20.5 Å². The van der Waals surface area contributed by atoms with Gasteiger partial charge in [-0.2, -0.15) is 12.6 Å². The van der Waals surface area contributed by atoms with Gasteiger partial charge in [0.2, 0.25) is 0 Å². The Kier molecular flexibility index (Phi) is 7.04. The van der Waals surface area contributed by atoms with Crippen LogP contribution in [-0.2, 0) is 4.57 Å². The van der Waals surface area contributed by atoms with E-state index >= 15 is 0 Å². The molecule has 0 aliphatic rings. The van der Waals surface area contributed by atoms with Crippen LogP contribution in [0.5, 0.6) is 0 Å². The van der Waals surface area contributed by atoms with Gasteiger partial charge in [-0.3, -0.25) is 0 Å². The first-order valence-corrected chi connectivity index (χ1v) is 4.03. The predicted octanol–water partition coefficient (Wildman–Crippen LogP) is -0.708. The van der Waals surface area contributed by atoms with Crippen LogP contribution in [0.2, 0.25) is 0 Å². The maximum atomic E-state index is 8.88. The number of hydrogen-bond acceptors (Lipinski definition) is 3. The molecule has 0 heterocycles. The first-order chi connectivity index (χ1) is 3.73. The zero-order valence-electron chi connectivity index (χ0n) is 4.80. The van der Waals surface area contributed by atoms with Crippen molar-refractivity contribution >= 4 is 20.5 Å². The Morgan fingerprint density at radius 2 is 1.56 bits per heavy atom. The molecule has 0 bridgehead atoms. The Bertz CT molecular complexity index is 89.7. The van der Waals surface area contributed by atoms with E-state index in [1.54, 1.807) is 0 Å². The highest BCUT2D eigenvalue weighted by Crippen LogP contribution is 2.25. The SMILES string of the molecule is CC(N)S.O=P(O)(O)O. The molecule has 0 saturated carbocycles. The minimum atomic E-state index is -4.64. The summed E-state index contributed by atoms with van der Waals surface area (Å²) in [7, 11) is -4.64. The highest BCUT2D eigenvalue weighted by Gasteiger charge is 2.00. The third-order valence-electron chi connectivity index (χ3n) is 0. The van der Waals surface area contributed by atoms with E-state index in [-0.39, 0.29) is 5.37 Å². The first kappa shape index (κ1) is 12.1. The van der Waals surface area contributed by atoms with Gasteiger partial charge in [-0.25, -0.2) is 4.57 Å². The monoisotopic (exact) mass is 175 g/mol. The van der Waals surface area contributed by atoms with Crippen molar-refractivity contribution < 1.29 is 19.2 Å². The largest absolute Gasteiger partial charge is 0.466 e. The summed E-state index contributed by atoms with van der Waals surface area (Å²) in [6, 6.07) is 0. The van der Waals surface area contributed by atoms with Crippen LogP contribution in [0.1, 0.15) is 6.92 Å². The third-order valence-corrected chi connectivity index (χ3v) is 0. The average Bonchev–Trinajstić information content (AvgIpc) is 1.19. The number of phosphoric acid groups is 1. The molecule has 0 spiro atoms. The van der Waals surface area contributed by atoms with Gasteiger partial charge in [-0.15, -0.1) is 0 Å². The number of nitrogens with two attached hydrogens (primary N) is 1. The third kappa shape index (κ3) is 1970. The molecule has 7 heteroatoms. The first-order valence-electron chi connectivity index (χ1n) is 1.95. The molecule has 5 N–H and O–H groups in total. The molecule has 0 aliphatic heterocycles. The van der Waals surface area contributed by atoms with E-state index in [1.807, 2.05) is 6.92 Å². The molecule has 58 valence electrons. The minimum Gasteiger partial charge on any atom is -0.320 e. The zero-order chi connectivity index (χ0) is 8.08. The molecule has 0 aliphatic carbocycles. The number of rotatable bonds is 0.